The highest BCUT2D eigenvalue weighted by molar-refractivity contribution is 7.13. The molecule has 2 rings (SSSR count). The molecule has 0 aliphatic rings. The SMILES string of the molecule is COC(=O)Cc1csc(NC(C)c2nncn2C)n1. The summed E-state index contributed by atoms with van der Waals surface area (Å²) in [6, 6.07) is -0.00960. The number of aryl methyl sites for hydroxylation is 1. The second-order valence-electron chi connectivity index (χ2n) is 4.06. The molecule has 19 heavy (non-hydrogen) atoms. The maximum atomic E-state index is 11.1. The molecule has 0 spiro atoms. The highest BCUT2D eigenvalue weighted by Gasteiger charge is 2.13. The van der Waals surface area contributed by atoms with E-state index in [1.54, 1.807) is 6.33 Å². The topological polar surface area (TPSA) is 81.9 Å². The second kappa shape index (κ2) is 5.79. The summed E-state index contributed by atoms with van der Waals surface area (Å²) in [6.07, 6.45) is 1.84. The van der Waals surface area contributed by atoms with Crippen molar-refractivity contribution in [2.45, 2.75) is 19.4 Å². The van der Waals surface area contributed by atoms with Crippen LogP contribution in [0.15, 0.2) is 11.7 Å². The van der Waals surface area contributed by atoms with E-state index in [1.807, 2.05) is 23.9 Å². The summed E-state index contributed by atoms with van der Waals surface area (Å²) < 4.78 is 6.45. The Bertz CT molecular complexity index is 565. The predicted molar refractivity (Wildman–Crippen MR) is 70.9 cm³/mol. The van der Waals surface area contributed by atoms with Crippen molar-refractivity contribution in [3.8, 4) is 0 Å². The summed E-state index contributed by atoms with van der Waals surface area (Å²) in [6.45, 7) is 1.98. The molecule has 102 valence electrons. The summed E-state index contributed by atoms with van der Waals surface area (Å²) in [5, 5.41) is 13.7. The van der Waals surface area contributed by atoms with Crippen molar-refractivity contribution < 1.29 is 9.53 Å². The molecule has 1 atom stereocenters. The van der Waals surface area contributed by atoms with Crippen LogP contribution in [0, 0.1) is 0 Å². The fourth-order valence-electron chi connectivity index (χ4n) is 1.61. The Morgan fingerprint density at radius 1 is 1.63 bits per heavy atom. The minimum absolute atomic E-state index is 0.00960. The van der Waals surface area contributed by atoms with E-state index in [-0.39, 0.29) is 18.4 Å². The van der Waals surface area contributed by atoms with E-state index in [0.717, 1.165) is 11.0 Å². The summed E-state index contributed by atoms with van der Waals surface area (Å²) >= 11 is 1.45. The lowest BCUT2D eigenvalue weighted by Gasteiger charge is -2.11. The number of methoxy groups -OCH3 is 1. The number of carbonyl (C=O) groups excluding carboxylic acids is 1. The number of thiazole rings is 1. The van der Waals surface area contributed by atoms with Crippen LogP contribution in [0.4, 0.5) is 5.13 Å². The van der Waals surface area contributed by atoms with Crippen LogP contribution in [-0.4, -0.2) is 32.8 Å². The fourth-order valence-corrected chi connectivity index (χ4v) is 2.41. The summed E-state index contributed by atoms with van der Waals surface area (Å²) in [5.41, 5.74) is 0.699. The van der Waals surface area contributed by atoms with E-state index in [2.05, 4.69) is 25.2 Å². The molecule has 8 heteroatoms. The van der Waals surface area contributed by atoms with Gasteiger partial charge in [-0.15, -0.1) is 21.5 Å². The first-order chi connectivity index (χ1) is 9.10. The molecular formula is C11H15N5O2S. The molecule has 0 saturated carbocycles. The van der Waals surface area contributed by atoms with Gasteiger partial charge in [0.1, 0.15) is 6.33 Å². The number of esters is 1. The molecule has 2 aromatic heterocycles. The van der Waals surface area contributed by atoms with Crippen LogP contribution in [0.2, 0.25) is 0 Å². The van der Waals surface area contributed by atoms with Crippen LogP contribution in [0.25, 0.3) is 0 Å². The minimum Gasteiger partial charge on any atom is -0.469 e. The highest BCUT2D eigenvalue weighted by Crippen LogP contribution is 2.21. The molecule has 7 nitrogen and oxygen atoms in total. The Balaban J connectivity index is 2.00. The van der Waals surface area contributed by atoms with Gasteiger partial charge in [-0.05, 0) is 6.92 Å². The standard InChI is InChI=1S/C11H15N5O2S/c1-7(10-15-12-6-16(10)2)13-11-14-8(5-19-11)4-9(17)18-3/h5-7H,4H2,1-3H3,(H,13,14). The zero-order valence-electron chi connectivity index (χ0n) is 11.0. The highest BCUT2D eigenvalue weighted by atomic mass is 32.1. The van der Waals surface area contributed by atoms with Crippen molar-refractivity contribution in [3.63, 3.8) is 0 Å². The molecule has 0 aromatic carbocycles. The van der Waals surface area contributed by atoms with Crippen molar-refractivity contribution in [2.24, 2.45) is 7.05 Å². The van der Waals surface area contributed by atoms with Crippen molar-refractivity contribution in [1.29, 1.82) is 0 Å². The van der Waals surface area contributed by atoms with Gasteiger partial charge in [0, 0.05) is 12.4 Å². The minimum atomic E-state index is -0.293. The Hall–Kier alpha value is -1.96. The van der Waals surface area contributed by atoms with Gasteiger partial charge >= 0.3 is 5.97 Å². The first kappa shape index (κ1) is 13.5. The molecule has 2 heterocycles. The number of hydrogen-bond donors (Lipinski definition) is 1. The second-order valence-corrected chi connectivity index (χ2v) is 4.92. The van der Waals surface area contributed by atoms with E-state index in [4.69, 9.17) is 0 Å². The van der Waals surface area contributed by atoms with Gasteiger partial charge in [0.2, 0.25) is 0 Å². The number of rotatable bonds is 5. The van der Waals surface area contributed by atoms with Crippen LogP contribution < -0.4 is 5.32 Å². The van der Waals surface area contributed by atoms with E-state index in [0.29, 0.717) is 5.69 Å². The number of aromatic nitrogens is 4. The first-order valence-corrected chi connectivity index (χ1v) is 6.59. The van der Waals surface area contributed by atoms with E-state index in [9.17, 15) is 4.79 Å². The lowest BCUT2D eigenvalue weighted by atomic mass is 10.3. The van der Waals surface area contributed by atoms with Gasteiger partial charge in [0.15, 0.2) is 11.0 Å². The predicted octanol–water partition coefficient (Wildman–Crippen LogP) is 1.16. The molecule has 0 saturated heterocycles. The van der Waals surface area contributed by atoms with Crippen molar-refractivity contribution in [3.05, 3.63) is 23.2 Å². The summed E-state index contributed by atoms with van der Waals surface area (Å²) in [4.78, 5) is 15.5. The molecule has 0 radical (unpaired) electrons. The first-order valence-electron chi connectivity index (χ1n) is 5.71. The van der Waals surface area contributed by atoms with Gasteiger partial charge < -0.3 is 14.6 Å². The number of nitrogens with zero attached hydrogens (tertiary/aromatic N) is 4. The Kier molecular flexibility index (Phi) is 4.10. The third-order valence-electron chi connectivity index (χ3n) is 2.58. The normalized spacial score (nSPS) is 12.2. The van der Waals surface area contributed by atoms with Crippen LogP contribution in [0.5, 0.6) is 0 Å². The molecule has 0 bridgehead atoms. The lowest BCUT2D eigenvalue weighted by molar-refractivity contribution is -0.139. The number of anilines is 1. The van der Waals surface area contributed by atoms with E-state index >= 15 is 0 Å². The van der Waals surface area contributed by atoms with Crippen molar-refractivity contribution in [2.75, 3.05) is 12.4 Å². The number of ether oxygens (including phenoxy) is 1. The Labute approximate surface area is 114 Å². The number of nitrogens with one attached hydrogen (secondary N) is 1. The maximum absolute atomic E-state index is 11.1. The molecular weight excluding hydrogens is 266 g/mol. The van der Waals surface area contributed by atoms with Crippen LogP contribution >= 0.6 is 11.3 Å². The summed E-state index contributed by atoms with van der Waals surface area (Å²) in [7, 11) is 3.25. The number of carbonyl (C=O) groups is 1. The van der Waals surface area contributed by atoms with Crippen LogP contribution in [-0.2, 0) is 23.0 Å². The molecule has 0 fully saturated rings. The van der Waals surface area contributed by atoms with Gasteiger partial charge in [0.05, 0.1) is 25.3 Å². The van der Waals surface area contributed by atoms with Gasteiger partial charge in [0.25, 0.3) is 0 Å². The molecule has 1 N–H and O–H groups in total. The molecule has 0 aliphatic heterocycles. The van der Waals surface area contributed by atoms with Crippen molar-refractivity contribution in [1.82, 2.24) is 19.7 Å². The number of hydrogen-bond acceptors (Lipinski definition) is 7. The van der Waals surface area contributed by atoms with Crippen LogP contribution in [0.3, 0.4) is 0 Å². The molecule has 0 amide bonds. The zero-order chi connectivity index (χ0) is 13.8. The van der Waals surface area contributed by atoms with Gasteiger partial charge in [-0.1, -0.05) is 0 Å². The maximum Gasteiger partial charge on any atom is 0.311 e. The Morgan fingerprint density at radius 2 is 2.42 bits per heavy atom. The fraction of sp³-hybridized carbons (Fsp3) is 0.455. The third kappa shape index (κ3) is 3.28. The molecule has 2 aromatic rings. The molecule has 0 aliphatic carbocycles. The zero-order valence-corrected chi connectivity index (χ0v) is 11.8. The molecule has 1 unspecified atom stereocenters. The average molecular weight is 281 g/mol. The lowest BCUT2D eigenvalue weighted by Crippen LogP contribution is -2.12. The van der Waals surface area contributed by atoms with E-state index in [1.165, 1.54) is 18.4 Å². The van der Waals surface area contributed by atoms with E-state index < -0.39 is 0 Å². The average Bonchev–Trinajstić information content (AvgIpc) is 2.98. The van der Waals surface area contributed by atoms with Gasteiger partial charge in [-0.25, -0.2) is 4.98 Å². The largest absolute Gasteiger partial charge is 0.469 e. The van der Waals surface area contributed by atoms with Gasteiger partial charge in [-0.2, -0.15) is 0 Å². The monoisotopic (exact) mass is 281 g/mol. The Morgan fingerprint density at radius 3 is 3.05 bits per heavy atom. The third-order valence-corrected chi connectivity index (χ3v) is 3.40. The smallest absolute Gasteiger partial charge is 0.311 e. The van der Waals surface area contributed by atoms with Gasteiger partial charge in [-0.3, -0.25) is 4.79 Å². The quantitative estimate of drug-likeness (QED) is 0.828. The van der Waals surface area contributed by atoms with Crippen molar-refractivity contribution >= 4 is 22.4 Å². The van der Waals surface area contributed by atoms with Crippen LogP contribution in [0.1, 0.15) is 24.5 Å². The summed E-state index contributed by atoms with van der Waals surface area (Å²) in [5.74, 6) is 0.530.